The lowest BCUT2D eigenvalue weighted by molar-refractivity contribution is -0.162. The summed E-state index contributed by atoms with van der Waals surface area (Å²) in [6, 6.07) is 9.39. The Kier molecular flexibility index (Phi) is 6.40. The van der Waals surface area contributed by atoms with E-state index in [0.29, 0.717) is 6.61 Å². The van der Waals surface area contributed by atoms with E-state index in [-0.39, 0.29) is 37.3 Å². The first-order valence-electron chi connectivity index (χ1n) is 7.56. The van der Waals surface area contributed by atoms with Gasteiger partial charge in [-0.05, 0) is 11.1 Å². The molecule has 1 heterocycles. The molecule has 0 saturated carbocycles. The molecule has 0 bridgehead atoms. The van der Waals surface area contributed by atoms with E-state index in [2.05, 4.69) is 10.0 Å². The molecule has 0 spiro atoms. The Balaban J connectivity index is 2.02. The van der Waals surface area contributed by atoms with Gasteiger partial charge in [0.1, 0.15) is 6.61 Å². The highest BCUT2D eigenvalue weighted by Crippen LogP contribution is 2.27. The molecule has 23 heavy (non-hydrogen) atoms. The first-order chi connectivity index (χ1) is 11.1. The van der Waals surface area contributed by atoms with Crippen molar-refractivity contribution in [1.29, 1.82) is 0 Å². The maximum atomic E-state index is 11.0. The van der Waals surface area contributed by atoms with E-state index < -0.39 is 6.04 Å². The summed E-state index contributed by atoms with van der Waals surface area (Å²) < 4.78 is 16.7. The third-order valence-electron chi connectivity index (χ3n) is 3.90. The van der Waals surface area contributed by atoms with E-state index in [0.717, 1.165) is 5.56 Å². The fourth-order valence-corrected chi connectivity index (χ4v) is 2.63. The minimum atomic E-state index is -0.396. The number of ether oxygens (including phenoxy) is 3. The second-order valence-corrected chi connectivity index (χ2v) is 5.57. The number of carbonyl (C=O) groups is 1. The molecule has 0 aromatic heterocycles. The van der Waals surface area contributed by atoms with E-state index in [4.69, 9.17) is 19.7 Å². The van der Waals surface area contributed by atoms with Gasteiger partial charge in [0.2, 0.25) is 0 Å². The summed E-state index contributed by atoms with van der Waals surface area (Å²) in [7, 11) is 0. The molecule has 1 aromatic carbocycles. The van der Waals surface area contributed by atoms with Crippen LogP contribution in [0, 0.1) is 5.92 Å². The van der Waals surface area contributed by atoms with Crippen molar-refractivity contribution in [3.63, 3.8) is 0 Å². The Morgan fingerprint density at radius 2 is 2.17 bits per heavy atom. The number of hydrogen-bond donors (Lipinski definition) is 0. The Bertz CT molecular complexity index is 560. The van der Waals surface area contributed by atoms with Crippen molar-refractivity contribution in [2.24, 2.45) is 11.0 Å². The Morgan fingerprint density at radius 3 is 2.83 bits per heavy atom. The van der Waals surface area contributed by atoms with Crippen LogP contribution >= 0.6 is 0 Å². The fourth-order valence-electron chi connectivity index (χ4n) is 2.63. The quantitative estimate of drug-likeness (QED) is 0.349. The molecule has 1 aliphatic heterocycles. The van der Waals surface area contributed by atoms with Gasteiger partial charge >= 0.3 is 5.97 Å². The fraction of sp³-hybridized carbons (Fsp3) is 0.562. The molecule has 7 nitrogen and oxygen atoms in total. The topological polar surface area (TPSA) is 93.5 Å². The molecular weight excluding hydrogens is 298 g/mol. The average molecular weight is 319 g/mol. The molecule has 0 N–H and O–H groups in total. The van der Waals surface area contributed by atoms with Crippen LogP contribution in [-0.4, -0.2) is 37.4 Å². The van der Waals surface area contributed by atoms with Crippen LogP contribution in [0.15, 0.2) is 35.4 Å². The highest BCUT2D eigenvalue weighted by molar-refractivity contribution is 5.65. The first-order valence-corrected chi connectivity index (χ1v) is 7.56. The normalized spacial score (nSPS) is 27.0. The Labute approximate surface area is 135 Å². The molecule has 124 valence electrons. The van der Waals surface area contributed by atoms with E-state index >= 15 is 0 Å². The molecule has 0 aliphatic carbocycles. The number of hydrogen-bond acceptors (Lipinski definition) is 5. The van der Waals surface area contributed by atoms with Crippen molar-refractivity contribution in [3.8, 4) is 0 Å². The van der Waals surface area contributed by atoms with Gasteiger partial charge in [-0.2, -0.15) is 0 Å². The first kappa shape index (κ1) is 17.3. The van der Waals surface area contributed by atoms with Crippen LogP contribution in [0.4, 0.5) is 0 Å². The smallest absolute Gasteiger partial charge is 0.302 e. The standard InChI is InChI=1S/C16H21N3O4/c1-11-15(10-21-12(2)20)22-9-14(18-19-17)16(11)23-8-13-6-4-3-5-7-13/h3-7,11,14-16H,8-10H2,1-2H3/t11-,14?,15?,16?/m1/s1. The van der Waals surface area contributed by atoms with Crippen molar-refractivity contribution in [2.45, 2.75) is 38.7 Å². The van der Waals surface area contributed by atoms with E-state index in [1.165, 1.54) is 6.92 Å². The molecule has 2 rings (SSSR count). The number of rotatable bonds is 6. The molecule has 0 amide bonds. The summed E-state index contributed by atoms with van der Waals surface area (Å²) in [5.74, 6) is -0.415. The highest BCUT2D eigenvalue weighted by atomic mass is 16.6. The second-order valence-electron chi connectivity index (χ2n) is 5.57. The average Bonchev–Trinajstić information content (AvgIpc) is 2.54. The van der Waals surface area contributed by atoms with Crippen molar-refractivity contribution in [2.75, 3.05) is 13.2 Å². The summed E-state index contributed by atoms with van der Waals surface area (Å²) in [5, 5.41) is 3.78. The molecule has 1 saturated heterocycles. The van der Waals surface area contributed by atoms with Crippen LogP contribution in [0.25, 0.3) is 10.4 Å². The van der Waals surface area contributed by atoms with Gasteiger partial charge in [-0.3, -0.25) is 4.79 Å². The summed E-state index contributed by atoms with van der Waals surface area (Å²) in [5.41, 5.74) is 9.77. The molecule has 7 heteroatoms. The number of benzene rings is 1. The van der Waals surface area contributed by atoms with Crippen LogP contribution < -0.4 is 0 Å². The molecule has 4 atom stereocenters. The summed E-state index contributed by atoms with van der Waals surface area (Å²) in [6.45, 7) is 4.15. The number of carbonyl (C=O) groups excluding carboxylic acids is 1. The van der Waals surface area contributed by atoms with Crippen LogP contribution in [0.5, 0.6) is 0 Å². The molecule has 1 aromatic rings. The van der Waals surface area contributed by atoms with Crippen molar-refractivity contribution in [1.82, 2.24) is 0 Å². The monoisotopic (exact) mass is 319 g/mol. The van der Waals surface area contributed by atoms with Gasteiger partial charge in [0, 0.05) is 17.8 Å². The second kappa shape index (κ2) is 8.53. The lowest BCUT2D eigenvalue weighted by Gasteiger charge is -2.39. The highest BCUT2D eigenvalue weighted by Gasteiger charge is 2.38. The Morgan fingerprint density at radius 1 is 1.43 bits per heavy atom. The third kappa shape index (κ3) is 4.96. The predicted octanol–water partition coefficient (Wildman–Crippen LogP) is 2.85. The van der Waals surface area contributed by atoms with Crippen LogP contribution in [0.2, 0.25) is 0 Å². The minimum absolute atomic E-state index is 0.0673. The molecule has 1 fully saturated rings. The lowest BCUT2D eigenvalue weighted by Crippen LogP contribution is -2.50. The zero-order valence-corrected chi connectivity index (χ0v) is 13.3. The maximum absolute atomic E-state index is 11.0. The Hall–Kier alpha value is -2.08. The van der Waals surface area contributed by atoms with Gasteiger partial charge in [-0.15, -0.1) is 0 Å². The van der Waals surface area contributed by atoms with E-state index in [1.807, 2.05) is 37.3 Å². The molecular formula is C16H21N3O4. The number of esters is 1. The molecule has 1 aliphatic rings. The van der Waals surface area contributed by atoms with Gasteiger partial charge in [-0.25, -0.2) is 0 Å². The van der Waals surface area contributed by atoms with Crippen molar-refractivity contribution in [3.05, 3.63) is 46.3 Å². The van der Waals surface area contributed by atoms with E-state index in [9.17, 15) is 4.79 Å². The summed E-state index contributed by atoms with van der Waals surface area (Å²) in [6.07, 6.45) is -0.565. The SMILES string of the molecule is CC(=O)OCC1OCC(N=[N+]=[N-])C(OCc2ccccc2)[C@@H]1C. The number of nitrogens with zero attached hydrogens (tertiary/aromatic N) is 3. The minimum Gasteiger partial charge on any atom is -0.463 e. The third-order valence-corrected chi connectivity index (χ3v) is 3.90. The van der Waals surface area contributed by atoms with Gasteiger partial charge < -0.3 is 14.2 Å². The molecule has 0 radical (unpaired) electrons. The van der Waals surface area contributed by atoms with Crippen LogP contribution in [-0.2, 0) is 25.6 Å². The van der Waals surface area contributed by atoms with Gasteiger partial charge in [0.05, 0.1) is 31.5 Å². The van der Waals surface area contributed by atoms with Crippen LogP contribution in [0.1, 0.15) is 19.4 Å². The summed E-state index contributed by atoms with van der Waals surface area (Å²) in [4.78, 5) is 13.9. The lowest BCUT2D eigenvalue weighted by atomic mass is 9.90. The van der Waals surface area contributed by atoms with Crippen molar-refractivity contribution < 1.29 is 19.0 Å². The largest absolute Gasteiger partial charge is 0.463 e. The molecule has 3 unspecified atom stereocenters. The van der Waals surface area contributed by atoms with Gasteiger partial charge in [-0.1, -0.05) is 42.4 Å². The van der Waals surface area contributed by atoms with Crippen molar-refractivity contribution >= 4 is 5.97 Å². The zero-order chi connectivity index (χ0) is 16.7. The maximum Gasteiger partial charge on any atom is 0.302 e. The van der Waals surface area contributed by atoms with E-state index in [1.54, 1.807) is 0 Å². The van der Waals surface area contributed by atoms with Gasteiger partial charge in [0.15, 0.2) is 0 Å². The predicted molar refractivity (Wildman–Crippen MR) is 83.5 cm³/mol. The number of azide groups is 1. The zero-order valence-electron chi connectivity index (χ0n) is 13.3. The van der Waals surface area contributed by atoms with Gasteiger partial charge in [0.25, 0.3) is 0 Å². The van der Waals surface area contributed by atoms with Crippen LogP contribution in [0.3, 0.4) is 0 Å². The summed E-state index contributed by atoms with van der Waals surface area (Å²) >= 11 is 0.